The van der Waals surface area contributed by atoms with Crippen LogP contribution in [-0.4, -0.2) is 15.5 Å². The number of nitrogens with one attached hydrogen (secondary N) is 1. The number of amides is 2. The van der Waals surface area contributed by atoms with Crippen LogP contribution in [0, 0.1) is 13.8 Å². The van der Waals surface area contributed by atoms with Gasteiger partial charge < -0.3 is 14.8 Å². The lowest BCUT2D eigenvalue weighted by Gasteiger charge is -2.32. The van der Waals surface area contributed by atoms with Crippen LogP contribution >= 0.6 is 11.6 Å². The smallest absolute Gasteiger partial charge is 0.318 e. The van der Waals surface area contributed by atoms with E-state index in [2.05, 4.69) is 53.3 Å². The molecule has 5 rings (SSSR count). The van der Waals surface area contributed by atoms with Crippen molar-refractivity contribution in [1.82, 2.24) is 9.47 Å². The van der Waals surface area contributed by atoms with E-state index in [-0.39, 0.29) is 12.1 Å². The molecule has 2 heterocycles. The molecule has 2 amide bonds. The summed E-state index contributed by atoms with van der Waals surface area (Å²) in [6, 6.07) is 25.8. The van der Waals surface area contributed by atoms with Crippen LogP contribution in [0.25, 0.3) is 5.69 Å². The highest BCUT2D eigenvalue weighted by Gasteiger charge is 2.33. The Labute approximate surface area is 193 Å². The van der Waals surface area contributed by atoms with Crippen LogP contribution in [-0.2, 0) is 6.54 Å². The molecule has 0 unspecified atom stereocenters. The zero-order chi connectivity index (χ0) is 22.2. The number of carbonyl (C=O) groups is 1. The molecule has 0 spiro atoms. The topological polar surface area (TPSA) is 37.3 Å². The predicted molar refractivity (Wildman–Crippen MR) is 130 cm³/mol. The molecule has 1 aliphatic rings. The van der Waals surface area contributed by atoms with Gasteiger partial charge in [-0.05, 0) is 66.4 Å². The summed E-state index contributed by atoms with van der Waals surface area (Å²) in [5, 5.41) is 3.71. The van der Waals surface area contributed by atoms with Gasteiger partial charge in [0.05, 0.1) is 12.2 Å². The summed E-state index contributed by atoms with van der Waals surface area (Å²) in [5.41, 5.74) is 7.19. The number of fused-ring (bicyclic) bond motifs is 3. The zero-order valence-electron chi connectivity index (χ0n) is 18.0. The molecule has 0 aliphatic carbocycles. The Hall–Kier alpha value is -3.50. The fourth-order valence-electron chi connectivity index (χ4n) is 4.48. The molecule has 1 aliphatic heterocycles. The van der Waals surface area contributed by atoms with Gasteiger partial charge in [0.25, 0.3) is 0 Å². The first-order valence-electron chi connectivity index (χ1n) is 10.7. The Morgan fingerprint density at radius 3 is 2.56 bits per heavy atom. The third-order valence-corrected chi connectivity index (χ3v) is 6.38. The maximum atomic E-state index is 13.8. The SMILES string of the molecule is Cc1ccc(Cl)cc1NC(=O)N1Cc2ccccc2-n2cccc2[C@@H]1c1ccccc1C. The third kappa shape index (κ3) is 3.57. The molecule has 0 bridgehead atoms. The van der Waals surface area contributed by atoms with E-state index >= 15 is 0 Å². The number of carbonyl (C=O) groups excluding carboxylic acids is 1. The maximum Gasteiger partial charge on any atom is 0.322 e. The quantitative estimate of drug-likeness (QED) is 0.361. The molecule has 1 aromatic heterocycles. The monoisotopic (exact) mass is 441 g/mol. The van der Waals surface area contributed by atoms with Crippen molar-refractivity contribution in [3.8, 4) is 5.69 Å². The van der Waals surface area contributed by atoms with Crippen LogP contribution < -0.4 is 5.32 Å². The van der Waals surface area contributed by atoms with Crippen molar-refractivity contribution in [2.45, 2.75) is 26.4 Å². The highest BCUT2D eigenvalue weighted by molar-refractivity contribution is 6.31. The third-order valence-electron chi connectivity index (χ3n) is 6.15. The number of hydrogen-bond donors (Lipinski definition) is 1. The zero-order valence-corrected chi connectivity index (χ0v) is 18.8. The molecule has 0 saturated heterocycles. The predicted octanol–water partition coefficient (Wildman–Crippen LogP) is 6.88. The van der Waals surface area contributed by atoms with Gasteiger partial charge in [0.1, 0.15) is 6.04 Å². The highest BCUT2D eigenvalue weighted by Crippen LogP contribution is 2.38. The van der Waals surface area contributed by atoms with Crippen LogP contribution in [0.1, 0.15) is 34.0 Å². The number of para-hydroxylation sites is 1. The lowest BCUT2D eigenvalue weighted by molar-refractivity contribution is 0.194. The maximum absolute atomic E-state index is 13.8. The first kappa shape index (κ1) is 20.4. The number of benzene rings is 3. The number of nitrogens with zero attached hydrogens (tertiary/aromatic N) is 2. The van der Waals surface area contributed by atoms with Crippen LogP contribution in [0.15, 0.2) is 85.1 Å². The van der Waals surface area contributed by atoms with Gasteiger partial charge in [-0.2, -0.15) is 0 Å². The minimum atomic E-state index is -0.238. The molecule has 32 heavy (non-hydrogen) atoms. The van der Waals surface area contributed by atoms with E-state index in [1.165, 1.54) is 0 Å². The molecule has 3 aromatic carbocycles. The number of aromatic nitrogens is 1. The largest absolute Gasteiger partial charge is 0.322 e. The van der Waals surface area contributed by atoms with Crippen LogP contribution in [0.5, 0.6) is 0 Å². The lowest BCUT2D eigenvalue weighted by atomic mass is 9.97. The molecule has 4 aromatic rings. The molecule has 0 fully saturated rings. The van der Waals surface area contributed by atoms with Crippen molar-refractivity contribution in [2.75, 3.05) is 5.32 Å². The first-order chi connectivity index (χ1) is 15.5. The van der Waals surface area contributed by atoms with E-state index < -0.39 is 0 Å². The number of rotatable bonds is 2. The summed E-state index contributed by atoms with van der Waals surface area (Å²) in [6.45, 7) is 4.55. The van der Waals surface area contributed by atoms with Gasteiger partial charge in [-0.1, -0.05) is 60.1 Å². The van der Waals surface area contributed by atoms with E-state index in [0.717, 1.165) is 39.3 Å². The number of urea groups is 1. The molecular weight excluding hydrogens is 418 g/mol. The van der Waals surface area contributed by atoms with E-state index in [1.54, 1.807) is 6.07 Å². The van der Waals surface area contributed by atoms with Crippen molar-refractivity contribution in [1.29, 1.82) is 0 Å². The summed E-state index contributed by atoms with van der Waals surface area (Å²) in [6.07, 6.45) is 2.07. The van der Waals surface area contributed by atoms with Gasteiger partial charge in [-0.25, -0.2) is 4.79 Å². The fraction of sp³-hybridized carbons (Fsp3) is 0.148. The Balaban J connectivity index is 1.66. The summed E-state index contributed by atoms with van der Waals surface area (Å²) >= 11 is 6.21. The summed E-state index contributed by atoms with van der Waals surface area (Å²) in [5.74, 6) is 0. The average molecular weight is 442 g/mol. The van der Waals surface area contributed by atoms with Crippen molar-refractivity contribution >= 4 is 23.3 Å². The van der Waals surface area contributed by atoms with Crippen molar-refractivity contribution in [3.05, 3.63) is 118 Å². The molecular formula is C27H24ClN3O. The van der Waals surface area contributed by atoms with E-state index in [0.29, 0.717) is 11.6 Å². The first-order valence-corrected chi connectivity index (χ1v) is 11.1. The fourth-order valence-corrected chi connectivity index (χ4v) is 4.65. The van der Waals surface area contributed by atoms with Crippen LogP contribution in [0.2, 0.25) is 5.02 Å². The highest BCUT2D eigenvalue weighted by atomic mass is 35.5. The number of halogens is 1. The number of hydrogen-bond acceptors (Lipinski definition) is 1. The molecule has 1 N–H and O–H groups in total. The molecule has 5 heteroatoms. The second kappa shape index (κ2) is 8.21. The van der Waals surface area contributed by atoms with Crippen LogP contribution in [0.4, 0.5) is 10.5 Å². The van der Waals surface area contributed by atoms with Crippen molar-refractivity contribution in [2.24, 2.45) is 0 Å². The van der Waals surface area contributed by atoms with E-state index in [1.807, 2.05) is 54.3 Å². The molecule has 0 radical (unpaired) electrons. The minimum absolute atomic E-state index is 0.159. The van der Waals surface area contributed by atoms with Crippen molar-refractivity contribution < 1.29 is 4.79 Å². The Kier molecular flexibility index (Phi) is 5.24. The molecule has 0 saturated carbocycles. The molecule has 1 atom stereocenters. The van der Waals surface area contributed by atoms with Gasteiger partial charge in [-0.15, -0.1) is 0 Å². The summed E-state index contributed by atoms with van der Waals surface area (Å²) in [4.78, 5) is 15.7. The van der Waals surface area contributed by atoms with Crippen molar-refractivity contribution in [3.63, 3.8) is 0 Å². The second-order valence-corrected chi connectivity index (χ2v) is 8.64. The van der Waals surface area contributed by atoms with Gasteiger partial charge in [0.2, 0.25) is 0 Å². The standard InChI is InChI=1S/C27H24ClN3O/c1-18-8-3-5-10-22(18)26-25-12-7-15-30(25)24-11-6-4-9-20(24)17-31(26)27(32)29-23-16-21(28)14-13-19(23)2/h3-16,26H,17H2,1-2H3,(H,29,32)/t26-/m0/s1. The van der Waals surface area contributed by atoms with Gasteiger partial charge in [0.15, 0.2) is 0 Å². The molecule has 4 nitrogen and oxygen atoms in total. The number of anilines is 1. The van der Waals surface area contributed by atoms with Gasteiger partial charge in [-0.3, -0.25) is 0 Å². The van der Waals surface area contributed by atoms with Gasteiger partial charge >= 0.3 is 6.03 Å². The summed E-state index contributed by atoms with van der Waals surface area (Å²) < 4.78 is 2.20. The van der Waals surface area contributed by atoms with Gasteiger partial charge in [0, 0.05) is 22.6 Å². The van der Waals surface area contributed by atoms with Crippen LogP contribution in [0.3, 0.4) is 0 Å². The minimum Gasteiger partial charge on any atom is -0.318 e. The van der Waals surface area contributed by atoms with E-state index in [4.69, 9.17) is 11.6 Å². The summed E-state index contributed by atoms with van der Waals surface area (Å²) in [7, 11) is 0. The Bertz CT molecular complexity index is 1310. The molecule has 160 valence electrons. The normalized spacial score (nSPS) is 15.0. The number of aryl methyl sites for hydroxylation is 2. The van der Waals surface area contributed by atoms with E-state index in [9.17, 15) is 4.79 Å². The Morgan fingerprint density at radius 1 is 0.938 bits per heavy atom. The second-order valence-electron chi connectivity index (χ2n) is 8.21. The Morgan fingerprint density at radius 2 is 1.72 bits per heavy atom. The lowest BCUT2D eigenvalue weighted by Crippen LogP contribution is -2.38. The average Bonchev–Trinajstić information content (AvgIpc) is 3.21.